The Labute approximate surface area is 109 Å². The van der Waals surface area contributed by atoms with Crippen LogP contribution in [0, 0.1) is 10.1 Å². The summed E-state index contributed by atoms with van der Waals surface area (Å²) in [6.45, 7) is 1.52. The second kappa shape index (κ2) is 6.39. The highest BCUT2D eigenvalue weighted by molar-refractivity contribution is 5.80. The highest BCUT2D eigenvalue weighted by atomic mass is 16.6. The second-order valence-electron chi connectivity index (χ2n) is 3.71. The van der Waals surface area contributed by atoms with Crippen LogP contribution in [-0.4, -0.2) is 29.7 Å². The minimum absolute atomic E-state index is 0.0422. The fraction of sp³-hybridized carbons (Fsp3) is 0.250. The summed E-state index contributed by atoms with van der Waals surface area (Å²) in [7, 11) is 1.40. The number of carboxylic acid groups (broad SMARTS) is 1. The second-order valence-corrected chi connectivity index (χ2v) is 3.71. The molecule has 1 aromatic rings. The van der Waals surface area contributed by atoms with Gasteiger partial charge < -0.3 is 14.6 Å². The van der Waals surface area contributed by atoms with Crippen molar-refractivity contribution in [2.75, 3.05) is 13.7 Å². The number of hydrogen-bond acceptors (Lipinski definition) is 5. The molecule has 0 aromatic heterocycles. The lowest BCUT2D eigenvalue weighted by molar-refractivity contribution is -0.385. The highest BCUT2D eigenvalue weighted by Gasteiger charge is 2.16. The molecule has 1 N–H and O–H groups in total. The van der Waals surface area contributed by atoms with Gasteiger partial charge in [0.05, 0.1) is 18.1 Å². The molecule has 0 aliphatic heterocycles. The van der Waals surface area contributed by atoms with E-state index in [1.54, 1.807) is 6.92 Å². The number of nitrogens with zero attached hydrogens (tertiary/aromatic N) is 1. The molecule has 0 atom stereocenters. The van der Waals surface area contributed by atoms with Crippen LogP contribution in [0.25, 0.3) is 0 Å². The predicted molar refractivity (Wildman–Crippen MR) is 66.5 cm³/mol. The lowest BCUT2D eigenvalue weighted by Crippen LogP contribution is -2.03. The maximum absolute atomic E-state index is 10.9. The Morgan fingerprint density at radius 3 is 2.74 bits per heavy atom. The molecule has 7 nitrogen and oxygen atoms in total. The first-order chi connectivity index (χ1) is 8.93. The van der Waals surface area contributed by atoms with Gasteiger partial charge in [0.15, 0.2) is 5.75 Å². The predicted octanol–water partition coefficient (Wildman–Crippen LogP) is 2.01. The van der Waals surface area contributed by atoms with Crippen molar-refractivity contribution in [1.82, 2.24) is 0 Å². The average Bonchev–Trinajstić information content (AvgIpc) is 2.35. The standard InChI is InChI=1S/C12H13NO6/c1-8(5-12(14)15)7-19-11-4-3-9(18-2)6-10(11)13(16)17/h3-6H,7H2,1-2H3,(H,14,15). The number of hydrogen-bond donors (Lipinski definition) is 1. The summed E-state index contributed by atoms with van der Waals surface area (Å²) < 4.78 is 10.1. The third-order valence-corrected chi connectivity index (χ3v) is 2.19. The Balaban J connectivity index is 2.89. The van der Waals surface area contributed by atoms with E-state index in [1.807, 2.05) is 0 Å². The Morgan fingerprint density at radius 1 is 1.53 bits per heavy atom. The molecule has 0 aliphatic rings. The van der Waals surface area contributed by atoms with E-state index in [4.69, 9.17) is 14.6 Å². The number of carboxylic acids is 1. The van der Waals surface area contributed by atoms with Crippen LogP contribution in [0.2, 0.25) is 0 Å². The van der Waals surface area contributed by atoms with Gasteiger partial charge in [-0.2, -0.15) is 0 Å². The molecule has 1 aromatic carbocycles. The monoisotopic (exact) mass is 267 g/mol. The first-order valence-electron chi connectivity index (χ1n) is 5.29. The quantitative estimate of drug-likeness (QED) is 0.481. The molecule has 0 radical (unpaired) electrons. The van der Waals surface area contributed by atoms with Crippen molar-refractivity contribution in [2.45, 2.75) is 6.92 Å². The molecule has 0 spiro atoms. The van der Waals surface area contributed by atoms with Gasteiger partial charge in [-0.15, -0.1) is 0 Å². The molecule has 1 rings (SSSR count). The van der Waals surface area contributed by atoms with E-state index < -0.39 is 10.9 Å². The van der Waals surface area contributed by atoms with Crippen LogP contribution in [0.15, 0.2) is 29.8 Å². The maximum atomic E-state index is 10.9. The summed E-state index contributed by atoms with van der Waals surface area (Å²) in [5.74, 6) is -0.689. The first kappa shape index (κ1) is 14.5. The third kappa shape index (κ3) is 4.30. The summed E-state index contributed by atoms with van der Waals surface area (Å²) >= 11 is 0. The molecule has 0 aliphatic carbocycles. The summed E-state index contributed by atoms with van der Waals surface area (Å²) in [6.07, 6.45) is 0.982. The molecule has 0 amide bonds. The number of benzene rings is 1. The molecular formula is C12H13NO6. The Hall–Kier alpha value is -2.57. The van der Waals surface area contributed by atoms with Crippen LogP contribution >= 0.6 is 0 Å². The lowest BCUT2D eigenvalue weighted by Gasteiger charge is -2.08. The zero-order valence-electron chi connectivity index (χ0n) is 10.5. The van der Waals surface area contributed by atoms with Crippen molar-refractivity contribution in [2.24, 2.45) is 0 Å². The van der Waals surface area contributed by atoms with Crippen LogP contribution in [-0.2, 0) is 4.79 Å². The summed E-state index contributed by atoms with van der Waals surface area (Å²) in [6, 6.07) is 4.18. The number of aliphatic carboxylic acids is 1. The van der Waals surface area contributed by atoms with Crippen molar-refractivity contribution in [3.63, 3.8) is 0 Å². The van der Waals surface area contributed by atoms with Gasteiger partial charge in [-0.1, -0.05) is 0 Å². The number of methoxy groups -OCH3 is 1. The van der Waals surface area contributed by atoms with Gasteiger partial charge in [0.25, 0.3) is 0 Å². The van der Waals surface area contributed by atoms with Crippen LogP contribution in [0.1, 0.15) is 6.92 Å². The van der Waals surface area contributed by atoms with Gasteiger partial charge in [-0.25, -0.2) is 4.79 Å². The molecule has 102 valence electrons. The number of carbonyl (C=O) groups is 1. The van der Waals surface area contributed by atoms with E-state index in [0.29, 0.717) is 11.3 Å². The minimum Gasteiger partial charge on any atom is -0.496 e. The van der Waals surface area contributed by atoms with Crippen LogP contribution in [0.3, 0.4) is 0 Å². The zero-order chi connectivity index (χ0) is 14.4. The number of rotatable bonds is 6. The summed E-state index contributed by atoms with van der Waals surface area (Å²) in [5, 5.41) is 19.4. The Morgan fingerprint density at radius 2 is 2.21 bits per heavy atom. The smallest absolute Gasteiger partial charge is 0.328 e. The van der Waals surface area contributed by atoms with E-state index in [0.717, 1.165) is 6.08 Å². The summed E-state index contributed by atoms with van der Waals surface area (Å²) in [4.78, 5) is 20.7. The molecule has 0 unspecified atom stereocenters. The molecule has 19 heavy (non-hydrogen) atoms. The Kier molecular flexibility index (Phi) is 4.87. The molecular weight excluding hydrogens is 254 g/mol. The van der Waals surface area contributed by atoms with Gasteiger partial charge >= 0.3 is 11.7 Å². The first-order valence-corrected chi connectivity index (χ1v) is 5.29. The largest absolute Gasteiger partial charge is 0.496 e. The average molecular weight is 267 g/mol. The van der Waals surface area contributed by atoms with Gasteiger partial charge in [0.1, 0.15) is 12.4 Å². The zero-order valence-corrected chi connectivity index (χ0v) is 10.5. The normalized spacial score (nSPS) is 10.9. The van der Waals surface area contributed by atoms with Crippen molar-refractivity contribution in [3.05, 3.63) is 40.0 Å². The van der Waals surface area contributed by atoms with Gasteiger partial charge in [-0.3, -0.25) is 10.1 Å². The van der Waals surface area contributed by atoms with E-state index in [1.165, 1.54) is 25.3 Å². The van der Waals surface area contributed by atoms with Crippen molar-refractivity contribution in [1.29, 1.82) is 0 Å². The van der Waals surface area contributed by atoms with Crippen LogP contribution < -0.4 is 9.47 Å². The van der Waals surface area contributed by atoms with E-state index in [-0.39, 0.29) is 18.0 Å². The molecule has 0 heterocycles. The van der Waals surface area contributed by atoms with Gasteiger partial charge in [0, 0.05) is 6.08 Å². The van der Waals surface area contributed by atoms with Gasteiger partial charge in [-0.05, 0) is 24.6 Å². The van der Waals surface area contributed by atoms with Crippen molar-refractivity contribution < 1.29 is 24.3 Å². The molecule has 0 saturated heterocycles. The fourth-order valence-corrected chi connectivity index (χ4v) is 1.33. The molecule has 0 fully saturated rings. The fourth-order valence-electron chi connectivity index (χ4n) is 1.33. The van der Waals surface area contributed by atoms with E-state index >= 15 is 0 Å². The Bertz CT molecular complexity index is 523. The number of ether oxygens (including phenoxy) is 2. The summed E-state index contributed by atoms with van der Waals surface area (Å²) in [5.41, 5.74) is 0.208. The van der Waals surface area contributed by atoms with E-state index in [2.05, 4.69) is 0 Å². The molecule has 7 heteroatoms. The van der Waals surface area contributed by atoms with Crippen LogP contribution in [0.4, 0.5) is 5.69 Å². The van der Waals surface area contributed by atoms with E-state index in [9.17, 15) is 14.9 Å². The topological polar surface area (TPSA) is 98.9 Å². The number of nitro benzene ring substituents is 1. The van der Waals surface area contributed by atoms with Crippen molar-refractivity contribution >= 4 is 11.7 Å². The minimum atomic E-state index is -1.09. The van der Waals surface area contributed by atoms with Crippen LogP contribution in [0.5, 0.6) is 11.5 Å². The highest BCUT2D eigenvalue weighted by Crippen LogP contribution is 2.31. The lowest BCUT2D eigenvalue weighted by atomic mass is 10.2. The molecule has 0 bridgehead atoms. The third-order valence-electron chi connectivity index (χ3n) is 2.19. The van der Waals surface area contributed by atoms with Crippen molar-refractivity contribution in [3.8, 4) is 11.5 Å². The van der Waals surface area contributed by atoms with Gasteiger partial charge in [0.2, 0.25) is 0 Å². The maximum Gasteiger partial charge on any atom is 0.328 e. The molecule has 0 saturated carbocycles. The SMILES string of the molecule is COc1ccc(OCC(C)=CC(=O)O)c([N+](=O)[O-])c1. The number of nitro groups is 1.